The highest BCUT2D eigenvalue weighted by Gasteiger charge is 2.28. The zero-order chi connectivity index (χ0) is 15.5. The van der Waals surface area contributed by atoms with Crippen LogP contribution in [0.5, 0.6) is 0 Å². The molecule has 0 bridgehead atoms. The summed E-state index contributed by atoms with van der Waals surface area (Å²) < 4.78 is 13.3. The average molecular weight is 305 g/mol. The van der Waals surface area contributed by atoms with Crippen LogP contribution in [-0.2, 0) is 9.59 Å². The second-order valence-electron chi connectivity index (χ2n) is 5.79. The van der Waals surface area contributed by atoms with E-state index in [0.29, 0.717) is 11.4 Å². The lowest BCUT2D eigenvalue weighted by molar-refractivity contribution is -0.131. The fourth-order valence-electron chi connectivity index (χ4n) is 3.01. The molecule has 1 saturated heterocycles. The Morgan fingerprint density at radius 1 is 1.18 bits per heavy atom. The smallest absolute Gasteiger partial charge is 0.246 e. The Kier molecular flexibility index (Phi) is 4.27. The quantitative estimate of drug-likeness (QED) is 0.909. The van der Waals surface area contributed by atoms with Crippen molar-refractivity contribution in [1.82, 2.24) is 4.90 Å². The first-order chi connectivity index (χ1) is 10.6. The van der Waals surface area contributed by atoms with Gasteiger partial charge in [-0.2, -0.15) is 0 Å². The molecule has 2 amide bonds. The molecule has 1 aromatic carbocycles. The van der Waals surface area contributed by atoms with Gasteiger partial charge in [0.25, 0.3) is 0 Å². The van der Waals surface area contributed by atoms with E-state index in [9.17, 15) is 14.0 Å². The van der Waals surface area contributed by atoms with Crippen LogP contribution in [0.15, 0.2) is 18.2 Å². The minimum Gasteiger partial charge on any atom is -0.374 e. The molecule has 2 aliphatic heterocycles. The zero-order valence-electron chi connectivity index (χ0n) is 12.5. The standard InChI is InChI=1S/C16H20FN3O2/c17-12-5-6-14-13(9-12)18-10-15(21)20(14)11-16(22)19-7-3-1-2-4-8-19/h5-6,9,18H,1-4,7-8,10-11H2. The molecule has 22 heavy (non-hydrogen) atoms. The number of anilines is 2. The first-order valence-corrected chi connectivity index (χ1v) is 7.77. The van der Waals surface area contributed by atoms with Crippen LogP contribution >= 0.6 is 0 Å². The zero-order valence-corrected chi connectivity index (χ0v) is 12.5. The summed E-state index contributed by atoms with van der Waals surface area (Å²) in [6.07, 6.45) is 4.34. The van der Waals surface area contributed by atoms with Gasteiger partial charge in [-0.05, 0) is 31.0 Å². The Hall–Kier alpha value is -2.11. The first-order valence-electron chi connectivity index (χ1n) is 7.77. The number of nitrogens with zero attached hydrogens (tertiary/aromatic N) is 2. The van der Waals surface area contributed by atoms with Crippen LogP contribution in [0.1, 0.15) is 25.7 Å². The topological polar surface area (TPSA) is 52.7 Å². The molecule has 118 valence electrons. The number of carbonyl (C=O) groups is 2. The van der Waals surface area contributed by atoms with Crippen molar-refractivity contribution in [1.29, 1.82) is 0 Å². The Bertz CT molecular complexity index is 583. The van der Waals surface area contributed by atoms with Crippen molar-refractivity contribution in [2.24, 2.45) is 0 Å². The van der Waals surface area contributed by atoms with Crippen molar-refractivity contribution in [2.75, 3.05) is 36.4 Å². The molecule has 3 rings (SSSR count). The lowest BCUT2D eigenvalue weighted by atomic mass is 10.2. The highest BCUT2D eigenvalue weighted by atomic mass is 19.1. The van der Waals surface area contributed by atoms with Crippen molar-refractivity contribution in [3.63, 3.8) is 0 Å². The Morgan fingerprint density at radius 3 is 2.64 bits per heavy atom. The molecule has 5 nitrogen and oxygen atoms in total. The maximum absolute atomic E-state index is 13.3. The molecule has 2 heterocycles. The lowest BCUT2D eigenvalue weighted by Gasteiger charge is -2.31. The number of hydrogen-bond acceptors (Lipinski definition) is 3. The molecule has 0 saturated carbocycles. The summed E-state index contributed by atoms with van der Waals surface area (Å²) >= 11 is 0. The highest BCUT2D eigenvalue weighted by molar-refractivity contribution is 6.05. The van der Waals surface area contributed by atoms with Gasteiger partial charge in [0.15, 0.2) is 0 Å². The van der Waals surface area contributed by atoms with Gasteiger partial charge >= 0.3 is 0 Å². The molecule has 6 heteroatoms. The van der Waals surface area contributed by atoms with E-state index in [0.717, 1.165) is 38.8 Å². The van der Waals surface area contributed by atoms with Crippen LogP contribution < -0.4 is 10.2 Å². The highest BCUT2D eigenvalue weighted by Crippen LogP contribution is 2.30. The molecule has 0 aliphatic carbocycles. The molecule has 0 spiro atoms. The average Bonchev–Trinajstić information content (AvgIpc) is 2.79. The summed E-state index contributed by atoms with van der Waals surface area (Å²) in [4.78, 5) is 27.9. The van der Waals surface area contributed by atoms with Crippen molar-refractivity contribution in [3.05, 3.63) is 24.0 Å². The number of hydrogen-bond donors (Lipinski definition) is 1. The summed E-state index contributed by atoms with van der Waals surface area (Å²) in [5.41, 5.74) is 1.13. The Labute approximate surface area is 129 Å². The number of rotatable bonds is 2. The van der Waals surface area contributed by atoms with E-state index in [1.54, 1.807) is 6.07 Å². The van der Waals surface area contributed by atoms with Crippen molar-refractivity contribution < 1.29 is 14.0 Å². The number of halogens is 1. The predicted molar refractivity (Wildman–Crippen MR) is 82.3 cm³/mol. The van der Waals surface area contributed by atoms with Gasteiger partial charge in [0, 0.05) is 13.1 Å². The van der Waals surface area contributed by atoms with Crippen LogP contribution in [0.2, 0.25) is 0 Å². The summed E-state index contributed by atoms with van der Waals surface area (Å²) in [7, 11) is 0. The first kappa shape index (κ1) is 14.8. The van der Waals surface area contributed by atoms with Gasteiger partial charge in [-0.3, -0.25) is 14.5 Å². The number of nitrogens with one attached hydrogen (secondary N) is 1. The molecule has 0 atom stereocenters. The molecular weight excluding hydrogens is 285 g/mol. The fraction of sp³-hybridized carbons (Fsp3) is 0.500. The maximum atomic E-state index is 13.3. The van der Waals surface area contributed by atoms with Crippen molar-refractivity contribution in [3.8, 4) is 0 Å². The molecule has 1 aromatic rings. The molecular formula is C16H20FN3O2. The largest absolute Gasteiger partial charge is 0.374 e. The summed E-state index contributed by atoms with van der Waals surface area (Å²) in [5.74, 6) is -0.561. The summed E-state index contributed by atoms with van der Waals surface area (Å²) in [6, 6.07) is 4.21. The second-order valence-corrected chi connectivity index (χ2v) is 5.79. The van der Waals surface area contributed by atoms with Gasteiger partial charge in [0.05, 0.1) is 17.9 Å². The van der Waals surface area contributed by atoms with Gasteiger partial charge in [-0.1, -0.05) is 12.8 Å². The van der Waals surface area contributed by atoms with E-state index in [-0.39, 0.29) is 30.7 Å². The van der Waals surface area contributed by atoms with Crippen molar-refractivity contribution >= 4 is 23.2 Å². The third kappa shape index (κ3) is 3.05. The van der Waals surface area contributed by atoms with E-state index < -0.39 is 0 Å². The second kappa shape index (κ2) is 6.34. The van der Waals surface area contributed by atoms with Gasteiger partial charge in [-0.15, -0.1) is 0 Å². The SMILES string of the molecule is O=C(CN1C(=O)CNc2cc(F)ccc21)N1CCCCCC1. The van der Waals surface area contributed by atoms with Crippen LogP contribution in [-0.4, -0.2) is 42.9 Å². The van der Waals surface area contributed by atoms with Crippen LogP contribution in [0.4, 0.5) is 15.8 Å². The Morgan fingerprint density at radius 2 is 1.91 bits per heavy atom. The third-order valence-corrected chi connectivity index (χ3v) is 4.23. The number of carbonyl (C=O) groups excluding carboxylic acids is 2. The molecule has 2 aliphatic rings. The molecule has 1 N–H and O–H groups in total. The van der Waals surface area contributed by atoms with Crippen LogP contribution in [0.3, 0.4) is 0 Å². The van der Waals surface area contributed by atoms with Gasteiger partial charge in [0.1, 0.15) is 12.4 Å². The van der Waals surface area contributed by atoms with E-state index in [2.05, 4.69) is 5.32 Å². The molecule has 0 unspecified atom stereocenters. The minimum atomic E-state index is -0.362. The van der Waals surface area contributed by atoms with E-state index in [4.69, 9.17) is 0 Å². The molecule has 0 aromatic heterocycles. The number of amides is 2. The van der Waals surface area contributed by atoms with E-state index in [1.807, 2.05) is 4.90 Å². The van der Waals surface area contributed by atoms with Crippen molar-refractivity contribution in [2.45, 2.75) is 25.7 Å². The fourth-order valence-corrected chi connectivity index (χ4v) is 3.01. The summed E-state index contributed by atoms with van der Waals surface area (Å²) in [5, 5.41) is 2.89. The number of likely N-dealkylation sites (tertiary alicyclic amines) is 1. The maximum Gasteiger partial charge on any atom is 0.246 e. The number of fused-ring (bicyclic) bond motifs is 1. The lowest BCUT2D eigenvalue weighted by Crippen LogP contribution is -2.47. The predicted octanol–water partition coefficient (Wildman–Crippen LogP) is 1.99. The normalized spacial score (nSPS) is 18.5. The van der Waals surface area contributed by atoms with E-state index in [1.165, 1.54) is 17.0 Å². The Balaban J connectivity index is 1.76. The molecule has 1 fully saturated rings. The minimum absolute atomic E-state index is 0.0269. The number of benzene rings is 1. The summed E-state index contributed by atoms with van der Waals surface area (Å²) in [6.45, 7) is 1.63. The van der Waals surface area contributed by atoms with Gasteiger partial charge in [-0.25, -0.2) is 4.39 Å². The third-order valence-electron chi connectivity index (χ3n) is 4.23. The van der Waals surface area contributed by atoms with E-state index >= 15 is 0 Å². The molecule has 0 radical (unpaired) electrons. The monoisotopic (exact) mass is 305 g/mol. The van der Waals surface area contributed by atoms with Crippen LogP contribution in [0.25, 0.3) is 0 Å². The van der Waals surface area contributed by atoms with Crippen LogP contribution in [0, 0.1) is 5.82 Å². The van der Waals surface area contributed by atoms with Gasteiger partial charge < -0.3 is 10.2 Å². The van der Waals surface area contributed by atoms with Gasteiger partial charge in [0.2, 0.25) is 11.8 Å².